The average molecular weight is 308 g/mol. The first kappa shape index (κ1) is 15.3. The Morgan fingerprint density at radius 2 is 2.19 bits per heavy atom. The number of nitrogens with two attached hydrogens (primary N) is 1. The summed E-state index contributed by atoms with van der Waals surface area (Å²) in [5.74, 6) is -1.04. The van der Waals surface area contributed by atoms with Crippen LogP contribution in [0.5, 0.6) is 0 Å². The summed E-state index contributed by atoms with van der Waals surface area (Å²) in [7, 11) is 0. The number of ether oxygens (including phenoxy) is 1. The Hall–Kier alpha value is -2.08. The number of benzene rings is 1. The highest BCUT2D eigenvalue weighted by atomic mass is 32.1. The second-order valence-corrected chi connectivity index (χ2v) is 5.32. The number of nitrogens with one attached hydrogen (secondary N) is 1. The zero-order chi connectivity index (χ0) is 15.4. The molecule has 0 radical (unpaired) electrons. The van der Waals surface area contributed by atoms with Crippen LogP contribution in [0.2, 0.25) is 0 Å². The van der Waals surface area contributed by atoms with Crippen molar-refractivity contribution in [3.63, 3.8) is 0 Å². The Morgan fingerprint density at radius 1 is 1.43 bits per heavy atom. The van der Waals surface area contributed by atoms with Crippen LogP contribution >= 0.6 is 11.3 Å². The quantitative estimate of drug-likeness (QED) is 0.655. The van der Waals surface area contributed by atoms with Gasteiger partial charge in [-0.25, -0.2) is 9.18 Å². The first-order valence-electron chi connectivity index (χ1n) is 6.54. The number of rotatable bonds is 5. The van der Waals surface area contributed by atoms with Gasteiger partial charge in [-0.05, 0) is 47.9 Å². The van der Waals surface area contributed by atoms with Gasteiger partial charge in [0.2, 0.25) is 0 Å². The highest BCUT2D eigenvalue weighted by Gasteiger charge is 2.15. The second kappa shape index (κ2) is 6.58. The summed E-state index contributed by atoms with van der Waals surface area (Å²) in [6, 6.07) is 2.53. The smallest absolute Gasteiger partial charge is 0.340 e. The van der Waals surface area contributed by atoms with Crippen molar-refractivity contribution < 1.29 is 13.9 Å². The van der Waals surface area contributed by atoms with Crippen LogP contribution in [-0.4, -0.2) is 12.6 Å². The molecule has 1 aromatic carbocycles. The molecule has 0 aliphatic rings. The number of esters is 1. The average Bonchev–Trinajstić information content (AvgIpc) is 2.83. The maximum Gasteiger partial charge on any atom is 0.340 e. The Morgan fingerprint density at radius 3 is 2.81 bits per heavy atom. The molecule has 0 spiro atoms. The molecular formula is C15H17FN2O2S. The summed E-state index contributed by atoms with van der Waals surface area (Å²) in [4.78, 5) is 11.8. The lowest BCUT2D eigenvalue weighted by molar-refractivity contribution is 0.0527. The molecule has 112 valence electrons. The van der Waals surface area contributed by atoms with E-state index in [4.69, 9.17) is 10.5 Å². The Kier molecular flexibility index (Phi) is 4.80. The summed E-state index contributed by atoms with van der Waals surface area (Å²) >= 11 is 1.59. The molecule has 2 rings (SSSR count). The highest BCUT2D eigenvalue weighted by Crippen LogP contribution is 2.24. The van der Waals surface area contributed by atoms with Gasteiger partial charge >= 0.3 is 5.97 Å². The Bertz CT molecular complexity index is 655. The SMILES string of the molecule is CCOC(=O)c1cc(NCc2cscc2C)c(F)cc1N. The summed E-state index contributed by atoms with van der Waals surface area (Å²) in [5.41, 5.74) is 8.38. The molecule has 0 aliphatic heterocycles. The van der Waals surface area contributed by atoms with E-state index in [9.17, 15) is 9.18 Å². The molecular weight excluding hydrogens is 291 g/mol. The molecule has 0 saturated heterocycles. The molecule has 0 saturated carbocycles. The predicted molar refractivity (Wildman–Crippen MR) is 83.2 cm³/mol. The molecule has 21 heavy (non-hydrogen) atoms. The van der Waals surface area contributed by atoms with Gasteiger partial charge in [0.25, 0.3) is 0 Å². The third-order valence-electron chi connectivity index (χ3n) is 3.07. The summed E-state index contributed by atoms with van der Waals surface area (Å²) < 4.78 is 18.8. The predicted octanol–water partition coefficient (Wildman–Crippen LogP) is 3.57. The minimum atomic E-state index is -0.551. The van der Waals surface area contributed by atoms with Crippen LogP contribution in [0.25, 0.3) is 0 Å². The van der Waals surface area contributed by atoms with E-state index in [1.165, 1.54) is 6.07 Å². The third kappa shape index (κ3) is 3.52. The van der Waals surface area contributed by atoms with Gasteiger partial charge in [-0.2, -0.15) is 11.3 Å². The fraction of sp³-hybridized carbons (Fsp3) is 0.267. The number of aryl methyl sites for hydroxylation is 1. The van der Waals surface area contributed by atoms with Gasteiger partial charge < -0.3 is 15.8 Å². The lowest BCUT2D eigenvalue weighted by atomic mass is 10.1. The molecule has 0 fully saturated rings. The molecule has 4 nitrogen and oxygen atoms in total. The van der Waals surface area contributed by atoms with E-state index in [1.807, 2.05) is 17.7 Å². The van der Waals surface area contributed by atoms with Crippen molar-refractivity contribution in [2.45, 2.75) is 20.4 Å². The molecule has 0 unspecified atom stereocenters. The zero-order valence-corrected chi connectivity index (χ0v) is 12.7. The van der Waals surface area contributed by atoms with Crippen molar-refractivity contribution >= 4 is 28.7 Å². The van der Waals surface area contributed by atoms with Crippen LogP contribution in [0.15, 0.2) is 22.9 Å². The number of anilines is 2. The standard InChI is InChI=1S/C15H17FN2O2S/c1-3-20-15(19)11-4-14(12(16)5-13(11)17)18-6-10-8-21-7-9(10)2/h4-5,7-8,18H,3,6,17H2,1-2H3. The molecule has 0 amide bonds. The molecule has 1 heterocycles. The van der Waals surface area contributed by atoms with Crippen molar-refractivity contribution in [3.05, 3.63) is 45.4 Å². The summed E-state index contributed by atoms with van der Waals surface area (Å²) in [6.07, 6.45) is 0. The van der Waals surface area contributed by atoms with Crippen LogP contribution in [0.3, 0.4) is 0 Å². The molecule has 3 N–H and O–H groups in total. The van der Waals surface area contributed by atoms with Crippen molar-refractivity contribution in [3.8, 4) is 0 Å². The van der Waals surface area contributed by atoms with Crippen LogP contribution in [0.1, 0.15) is 28.4 Å². The summed E-state index contributed by atoms with van der Waals surface area (Å²) in [5, 5.41) is 7.02. The number of carbonyl (C=O) groups is 1. The Balaban J connectivity index is 2.21. The highest BCUT2D eigenvalue weighted by molar-refractivity contribution is 7.08. The summed E-state index contributed by atoms with van der Waals surface area (Å²) in [6.45, 7) is 4.43. The van der Waals surface area contributed by atoms with Gasteiger partial charge in [0.1, 0.15) is 5.82 Å². The maximum absolute atomic E-state index is 13.9. The third-order valence-corrected chi connectivity index (χ3v) is 3.98. The molecule has 0 bridgehead atoms. The van der Waals surface area contributed by atoms with E-state index in [0.29, 0.717) is 6.54 Å². The van der Waals surface area contributed by atoms with Crippen LogP contribution < -0.4 is 11.1 Å². The number of hydrogen-bond donors (Lipinski definition) is 2. The van der Waals surface area contributed by atoms with Crippen LogP contribution in [0.4, 0.5) is 15.8 Å². The molecule has 2 aromatic rings. The Labute approximate surface area is 126 Å². The first-order valence-corrected chi connectivity index (χ1v) is 7.49. The molecule has 1 aromatic heterocycles. The molecule has 0 aliphatic carbocycles. The van der Waals surface area contributed by atoms with Gasteiger partial charge in [0.05, 0.1) is 17.9 Å². The topological polar surface area (TPSA) is 64.3 Å². The van der Waals surface area contributed by atoms with Crippen molar-refractivity contribution in [2.75, 3.05) is 17.7 Å². The van der Waals surface area contributed by atoms with Gasteiger partial charge in [0.15, 0.2) is 0 Å². The molecule has 0 atom stereocenters. The van der Waals surface area contributed by atoms with E-state index >= 15 is 0 Å². The maximum atomic E-state index is 13.9. The van der Waals surface area contributed by atoms with Gasteiger partial charge in [-0.15, -0.1) is 0 Å². The fourth-order valence-corrected chi connectivity index (χ4v) is 2.73. The number of nitrogen functional groups attached to an aromatic ring is 1. The van der Waals surface area contributed by atoms with Crippen molar-refractivity contribution in [1.82, 2.24) is 0 Å². The largest absolute Gasteiger partial charge is 0.462 e. The van der Waals surface area contributed by atoms with Crippen LogP contribution in [-0.2, 0) is 11.3 Å². The number of hydrogen-bond acceptors (Lipinski definition) is 5. The van der Waals surface area contributed by atoms with Gasteiger partial charge in [-0.1, -0.05) is 0 Å². The van der Waals surface area contributed by atoms with E-state index in [1.54, 1.807) is 18.3 Å². The van der Waals surface area contributed by atoms with Crippen molar-refractivity contribution in [2.24, 2.45) is 0 Å². The van der Waals surface area contributed by atoms with E-state index in [2.05, 4.69) is 5.32 Å². The normalized spacial score (nSPS) is 10.4. The fourth-order valence-electron chi connectivity index (χ4n) is 1.87. The van der Waals surface area contributed by atoms with E-state index < -0.39 is 11.8 Å². The lowest BCUT2D eigenvalue weighted by Gasteiger charge is -2.11. The van der Waals surface area contributed by atoms with Crippen LogP contribution in [0, 0.1) is 12.7 Å². The minimum Gasteiger partial charge on any atom is -0.462 e. The molecule has 6 heteroatoms. The second-order valence-electron chi connectivity index (χ2n) is 4.57. The zero-order valence-electron chi connectivity index (χ0n) is 11.9. The van der Waals surface area contributed by atoms with E-state index in [-0.39, 0.29) is 23.5 Å². The number of halogens is 1. The van der Waals surface area contributed by atoms with Gasteiger partial charge in [-0.3, -0.25) is 0 Å². The van der Waals surface area contributed by atoms with Crippen molar-refractivity contribution in [1.29, 1.82) is 0 Å². The number of thiophene rings is 1. The monoisotopic (exact) mass is 308 g/mol. The van der Waals surface area contributed by atoms with Gasteiger partial charge in [0, 0.05) is 12.2 Å². The number of carbonyl (C=O) groups excluding carboxylic acids is 1. The van der Waals surface area contributed by atoms with E-state index in [0.717, 1.165) is 17.2 Å². The lowest BCUT2D eigenvalue weighted by Crippen LogP contribution is -2.10. The minimum absolute atomic E-state index is 0.0724. The first-order chi connectivity index (χ1) is 10.0.